The van der Waals surface area contributed by atoms with E-state index in [0.29, 0.717) is 5.11 Å². The van der Waals surface area contributed by atoms with E-state index in [2.05, 4.69) is 67.8 Å². The van der Waals surface area contributed by atoms with Gasteiger partial charge < -0.3 is 10.6 Å². The monoisotopic (exact) mass is 334 g/mol. The molecule has 0 aromatic heterocycles. The van der Waals surface area contributed by atoms with Crippen LogP contribution in [0.4, 0.5) is 11.4 Å². The molecule has 24 heavy (non-hydrogen) atoms. The summed E-state index contributed by atoms with van der Waals surface area (Å²) in [6.07, 6.45) is 0. The Morgan fingerprint density at radius 1 is 0.750 bits per heavy atom. The van der Waals surface area contributed by atoms with E-state index < -0.39 is 0 Å². The maximum atomic E-state index is 5.54. The van der Waals surface area contributed by atoms with Crippen molar-refractivity contribution < 1.29 is 0 Å². The molecule has 0 saturated carbocycles. The van der Waals surface area contributed by atoms with Crippen LogP contribution < -0.4 is 10.6 Å². The lowest BCUT2D eigenvalue weighted by Crippen LogP contribution is -2.22. The van der Waals surface area contributed by atoms with Gasteiger partial charge in [-0.05, 0) is 40.7 Å². The average Bonchev–Trinajstić information content (AvgIpc) is 2.54. The van der Waals surface area contributed by atoms with Gasteiger partial charge in [0.25, 0.3) is 0 Å². The van der Waals surface area contributed by atoms with Gasteiger partial charge >= 0.3 is 0 Å². The molecule has 0 heterocycles. The molecule has 0 aliphatic heterocycles. The van der Waals surface area contributed by atoms with Crippen LogP contribution in [0.15, 0.2) is 66.7 Å². The number of hydrogen-bond acceptors (Lipinski definition) is 1. The number of para-hydroxylation sites is 1. The Balaban J connectivity index is 1.84. The van der Waals surface area contributed by atoms with Crippen LogP contribution in [0, 0.1) is 0 Å². The molecular weight excluding hydrogens is 312 g/mol. The highest BCUT2D eigenvalue weighted by molar-refractivity contribution is 7.80. The first-order chi connectivity index (χ1) is 11.4. The Morgan fingerprint density at radius 2 is 1.33 bits per heavy atom. The molecule has 3 rings (SSSR count). The second-order valence-corrected chi connectivity index (χ2v) is 7.31. The maximum Gasteiger partial charge on any atom is 0.175 e. The molecule has 0 spiro atoms. The van der Waals surface area contributed by atoms with E-state index in [4.69, 9.17) is 12.2 Å². The Hall–Kier alpha value is -2.39. The molecule has 0 unspecified atom stereocenters. The van der Waals surface area contributed by atoms with Gasteiger partial charge in [0.05, 0.1) is 0 Å². The van der Waals surface area contributed by atoms with Crippen molar-refractivity contribution in [3.63, 3.8) is 0 Å². The van der Waals surface area contributed by atoms with E-state index in [1.54, 1.807) is 0 Å². The van der Waals surface area contributed by atoms with Crippen LogP contribution in [0.3, 0.4) is 0 Å². The van der Waals surface area contributed by atoms with Crippen molar-refractivity contribution in [2.45, 2.75) is 26.2 Å². The van der Waals surface area contributed by atoms with Crippen LogP contribution in [0.25, 0.3) is 10.8 Å². The van der Waals surface area contributed by atoms with Crippen molar-refractivity contribution in [1.29, 1.82) is 0 Å². The number of fused-ring (bicyclic) bond motifs is 1. The molecule has 0 atom stereocenters. The number of hydrogen-bond donors (Lipinski definition) is 2. The summed E-state index contributed by atoms with van der Waals surface area (Å²) >= 11 is 5.54. The van der Waals surface area contributed by atoms with Crippen molar-refractivity contribution in [3.8, 4) is 0 Å². The Morgan fingerprint density at radius 3 is 2.12 bits per heavy atom. The predicted octanol–water partition coefficient (Wildman–Crippen LogP) is 5.95. The van der Waals surface area contributed by atoms with E-state index >= 15 is 0 Å². The van der Waals surface area contributed by atoms with Crippen molar-refractivity contribution in [2.24, 2.45) is 0 Å². The van der Waals surface area contributed by atoms with Crippen molar-refractivity contribution >= 4 is 39.5 Å². The lowest BCUT2D eigenvalue weighted by molar-refractivity contribution is 0.592. The van der Waals surface area contributed by atoms with Crippen molar-refractivity contribution in [2.75, 3.05) is 10.6 Å². The van der Waals surface area contributed by atoms with E-state index in [1.807, 2.05) is 30.3 Å². The van der Waals surface area contributed by atoms with Gasteiger partial charge in [-0.2, -0.15) is 0 Å². The molecule has 0 saturated heterocycles. The molecule has 0 fully saturated rings. The standard InChI is InChI=1S/C21H22N2S/c1-21(2,3)17-12-6-7-13-19(17)23-20(24)22-18-14-8-10-15-9-4-5-11-16(15)18/h4-14H,1-3H3,(H2,22,23,24). The van der Waals surface area contributed by atoms with Crippen LogP contribution >= 0.6 is 12.2 Å². The van der Waals surface area contributed by atoms with Gasteiger partial charge in [0.15, 0.2) is 5.11 Å². The number of benzene rings is 3. The van der Waals surface area contributed by atoms with Gasteiger partial charge in [0, 0.05) is 16.8 Å². The van der Waals surface area contributed by atoms with Gasteiger partial charge in [0.2, 0.25) is 0 Å². The minimum absolute atomic E-state index is 0.0542. The predicted molar refractivity (Wildman–Crippen MR) is 109 cm³/mol. The minimum atomic E-state index is 0.0542. The molecule has 3 aromatic carbocycles. The number of rotatable bonds is 2. The van der Waals surface area contributed by atoms with Crippen LogP contribution in [-0.2, 0) is 5.41 Å². The summed E-state index contributed by atoms with van der Waals surface area (Å²) in [6, 6.07) is 22.8. The fourth-order valence-electron chi connectivity index (χ4n) is 2.86. The Bertz CT molecular complexity index is 873. The zero-order valence-corrected chi connectivity index (χ0v) is 15.1. The molecule has 0 radical (unpaired) electrons. The van der Waals surface area contributed by atoms with E-state index in [0.717, 1.165) is 16.8 Å². The summed E-state index contributed by atoms with van der Waals surface area (Å²) < 4.78 is 0. The molecule has 0 aliphatic rings. The second-order valence-electron chi connectivity index (χ2n) is 6.90. The molecule has 2 N–H and O–H groups in total. The fraction of sp³-hybridized carbons (Fsp3) is 0.190. The summed E-state index contributed by atoms with van der Waals surface area (Å²) in [7, 11) is 0. The zero-order valence-electron chi connectivity index (χ0n) is 14.3. The molecular formula is C21H22N2S. The lowest BCUT2D eigenvalue weighted by Gasteiger charge is -2.24. The summed E-state index contributed by atoms with van der Waals surface area (Å²) in [5.74, 6) is 0. The van der Waals surface area contributed by atoms with Crippen LogP contribution in [-0.4, -0.2) is 5.11 Å². The first-order valence-electron chi connectivity index (χ1n) is 8.10. The molecule has 0 aliphatic carbocycles. The normalized spacial score (nSPS) is 11.3. The third-order valence-electron chi connectivity index (χ3n) is 4.02. The quantitative estimate of drug-likeness (QED) is 0.567. The number of nitrogens with one attached hydrogen (secondary N) is 2. The summed E-state index contributed by atoms with van der Waals surface area (Å²) in [6.45, 7) is 6.61. The van der Waals surface area contributed by atoms with Gasteiger partial charge in [0.1, 0.15) is 0 Å². The van der Waals surface area contributed by atoms with E-state index in [9.17, 15) is 0 Å². The van der Waals surface area contributed by atoms with Gasteiger partial charge in [-0.3, -0.25) is 0 Å². The SMILES string of the molecule is CC(C)(C)c1ccccc1NC(=S)Nc1cccc2ccccc12. The second kappa shape index (κ2) is 6.62. The largest absolute Gasteiger partial charge is 0.332 e. The smallest absolute Gasteiger partial charge is 0.175 e. The molecule has 0 amide bonds. The topological polar surface area (TPSA) is 24.1 Å². The maximum absolute atomic E-state index is 5.54. The highest BCUT2D eigenvalue weighted by Crippen LogP contribution is 2.29. The van der Waals surface area contributed by atoms with Crippen molar-refractivity contribution in [3.05, 3.63) is 72.3 Å². The Kier molecular flexibility index (Phi) is 4.54. The van der Waals surface area contributed by atoms with Gasteiger partial charge in [-0.1, -0.05) is 75.4 Å². The average molecular weight is 334 g/mol. The highest BCUT2D eigenvalue weighted by Gasteiger charge is 2.17. The molecule has 0 bridgehead atoms. The summed E-state index contributed by atoms with van der Waals surface area (Å²) in [5.41, 5.74) is 3.35. The Labute approximate surface area is 148 Å². The molecule has 2 nitrogen and oxygen atoms in total. The van der Waals surface area contributed by atoms with Gasteiger partial charge in [-0.15, -0.1) is 0 Å². The highest BCUT2D eigenvalue weighted by atomic mass is 32.1. The van der Waals surface area contributed by atoms with Gasteiger partial charge in [-0.25, -0.2) is 0 Å². The number of anilines is 2. The lowest BCUT2D eigenvalue weighted by atomic mass is 9.86. The first kappa shape index (κ1) is 16.5. The van der Waals surface area contributed by atoms with E-state index in [1.165, 1.54) is 10.9 Å². The molecule has 3 heteroatoms. The van der Waals surface area contributed by atoms with Crippen LogP contribution in [0.5, 0.6) is 0 Å². The van der Waals surface area contributed by atoms with Crippen LogP contribution in [0.2, 0.25) is 0 Å². The summed E-state index contributed by atoms with van der Waals surface area (Å²) in [5, 5.41) is 9.64. The van der Waals surface area contributed by atoms with Crippen molar-refractivity contribution in [1.82, 2.24) is 0 Å². The molecule has 3 aromatic rings. The number of thiocarbonyl (C=S) groups is 1. The summed E-state index contributed by atoms with van der Waals surface area (Å²) in [4.78, 5) is 0. The third kappa shape index (κ3) is 3.57. The fourth-order valence-corrected chi connectivity index (χ4v) is 3.08. The molecule has 122 valence electrons. The zero-order chi connectivity index (χ0) is 17.2. The van der Waals surface area contributed by atoms with Crippen LogP contribution in [0.1, 0.15) is 26.3 Å². The minimum Gasteiger partial charge on any atom is -0.332 e. The van der Waals surface area contributed by atoms with E-state index in [-0.39, 0.29) is 5.41 Å². The first-order valence-corrected chi connectivity index (χ1v) is 8.51. The third-order valence-corrected chi connectivity index (χ3v) is 4.23.